The molecule has 0 N–H and O–H groups in total. The van der Waals surface area contributed by atoms with Crippen LogP contribution >= 0.6 is 0 Å². The summed E-state index contributed by atoms with van der Waals surface area (Å²) < 4.78 is 5.42. The van der Waals surface area contributed by atoms with Gasteiger partial charge in [-0.05, 0) is 46.9 Å². The third kappa shape index (κ3) is 1.90. The quantitative estimate of drug-likeness (QED) is 0.676. The lowest BCUT2D eigenvalue weighted by molar-refractivity contribution is 0.328. The zero-order valence-corrected chi connectivity index (χ0v) is 12.1. The molecule has 18 heavy (non-hydrogen) atoms. The van der Waals surface area contributed by atoms with E-state index in [1.807, 2.05) is 0 Å². The minimum absolute atomic E-state index is 0.197. The molecule has 1 aliphatic carbocycles. The van der Waals surface area contributed by atoms with Gasteiger partial charge >= 0.3 is 0 Å². The van der Waals surface area contributed by atoms with Crippen LogP contribution in [0.5, 0.6) is 5.75 Å². The van der Waals surface area contributed by atoms with Crippen molar-refractivity contribution in [3.05, 3.63) is 28.8 Å². The first-order valence-corrected chi connectivity index (χ1v) is 6.51. The Morgan fingerprint density at radius 3 is 2.00 bits per heavy atom. The van der Waals surface area contributed by atoms with Gasteiger partial charge in [-0.3, -0.25) is 0 Å². The molecule has 0 atom stereocenters. The number of rotatable bonds is 1. The van der Waals surface area contributed by atoms with E-state index in [-0.39, 0.29) is 10.8 Å². The molecule has 0 aromatic heterocycles. The molecule has 1 aliphatic rings. The Bertz CT molecular complexity index is 515. The Balaban J connectivity index is 2.73. The summed E-state index contributed by atoms with van der Waals surface area (Å²) in [6.45, 7) is 9.20. The summed E-state index contributed by atoms with van der Waals surface area (Å²) in [7, 11) is 1.68. The summed E-state index contributed by atoms with van der Waals surface area (Å²) in [5.74, 6) is 3.56. The van der Waals surface area contributed by atoms with E-state index in [1.54, 1.807) is 7.11 Å². The maximum absolute atomic E-state index is 5.59. The van der Waals surface area contributed by atoms with Crippen LogP contribution < -0.4 is 4.74 Å². The van der Waals surface area contributed by atoms with Crippen molar-refractivity contribution in [2.45, 2.75) is 51.4 Å². The van der Waals surface area contributed by atoms with Crippen molar-refractivity contribution in [3.63, 3.8) is 0 Å². The largest absolute Gasteiger partial charge is 0.495 e. The van der Waals surface area contributed by atoms with Gasteiger partial charge < -0.3 is 4.74 Å². The fraction of sp³-hybridized carbons (Fsp3) is 0.529. The molecule has 0 aliphatic heterocycles. The van der Waals surface area contributed by atoms with Crippen LogP contribution in [0.4, 0.5) is 0 Å². The van der Waals surface area contributed by atoms with Crippen molar-refractivity contribution in [1.82, 2.24) is 0 Å². The molecular formula is C17H22O. The highest BCUT2D eigenvalue weighted by atomic mass is 16.5. The summed E-state index contributed by atoms with van der Waals surface area (Å²) in [4.78, 5) is 0. The number of hydrogen-bond acceptors (Lipinski definition) is 1. The summed E-state index contributed by atoms with van der Waals surface area (Å²) in [5.41, 5.74) is 4.03. The van der Waals surface area contributed by atoms with Gasteiger partial charge in [-0.15, -0.1) is 6.42 Å². The van der Waals surface area contributed by atoms with E-state index in [1.165, 1.54) is 24.0 Å². The van der Waals surface area contributed by atoms with Gasteiger partial charge in [0.1, 0.15) is 5.75 Å². The number of fused-ring (bicyclic) bond motifs is 1. The third-order valence-electron chi connectivity index (χ3n) is 4.33. The second kappa shape index (κ2) is 4.05. The van der Waals surface area contributed by atoms with Crippen molar-refractivity contribution in [1.29, 1.82) is 0 Å². The van der Waals surface area contributed by atoms with Crippen LogP contribution in [-0.4, -0.2) is 7.11 Å². The molecule has 1 aromatic carbocycles. The first kappa shape index (κ1) is 13.0. The molecule has 0 spiro atoms. The molecule has 2 rings (SSSR count). The second-order valence-electron chi connectivity index (χ2n) is 6.51. The van der Waals surface area contributed by atoms with Crippen LogP contribution in [0.1, 0.15) is 57.2 Å². The van der Waals surface area contributed by atoms with Gasteiger partial charge in [0.25, 0.3) is 0 Å². The van der Waals surface area contributed by atoms with Crippen molar-refractivity contribution in [2.75, 3.05) is 7.11 Å². The highest BCUT2D eigenvalue weighted by Gasteiger charge is 2.37. The van der Waals surface area contributed by atoms with Crippen molar-refractivity contribution >= 4 is 0 Å². The molecule has 0 amide bonds. The van der Waals surface area contributed by atoms with E-state index in [9.17, 15) is 0 Å². The highest BCUT2D eigenvalue weighted by Crippen LogP contribution is 2.47. The Morgan fingerprint density at radius 1 is 1.06 bits per heavy atom. The molecule has 0 saturated carbocycles. The van der Waals surface area contributed by atoms with Gasteiger partial charge in [0, 0.05) is 0 Å². The maximum atomic E-state index is 5.59. The molecule has 0 radical (unpaired) electrons. The van der Waals surface area contributed by atoms with E-state index in [0.29, 0.717) is 0 Å². The van der Waals surface area contributed by atoms with Gasteiger partial charge in [-0.1, -0.05) is 33.6 Å². The summed E-state index contributed by atoms with van der Waals surface area (Å²) >= 11 is 0. The number of terminal acetylenes is 1. The Labute approximate surface area is 111 Å². The van der Waals surface area contributed by atoms with E-state index < -0.39 is 0 Å². The van der Waals surface area contributed by atoms with Crippen LogP contribution in [0.15, 0.2) is 12.1 Å². The van der Waals surface area contributed by atoms with Gasteiger partial charge in [0.15, 0.2) is 0 Å². The highest BCUT2D eigenvalue weighted by molar-refractivity contribution is 5.55. The number of benzene rings is 1. The van der Waals surface area contributed by atoms with Crippen molar-refractivity contribution in [2.24, 2.45) is 0 Å². The molecule has 1 nitrogen and oxygen atoms in total. The first-order valence-electron chi connectivity index (χ1n) is 6.51. The van der Waals surface area contributed by atoms with Crippen LogP contribution in [0.2, 0.25) is 0 Å². The lowest BCUT2D eigenvalue weighted by Crippen LogP contribution is -2.34. The topological polar surface area (TPSA) is 9.23 Å². The lowest BCUT2D eigenvalue weighted by Gasteiger charge is -2.42. The molecule has 0 bridgehead atoms. The van der Waals surface area contributed by atoms with E-state index >= 15 is 0 Å². The van der Waals surface area contributed by atoms with E-state index in [2.05, 4.69) is 45.7 Å². The predicted octanol–water partition coefficient (Wildman–Crippen LogP) is 4.03. The average molecular weight is 242 g/mol. The normalized spacial score (nSPS) is 19.8. The average Bonchev–Trinajstić information content (AvgIpc) is 2.33. The molecule has 0 unspecified atom stereocenters. The predicted molar refractivity (Wildman–Crippen MR) is 76.2 cm³/mol. The number of ether oxygens (including phenoxy) is 1. The first-order chi connectivity index (χ1) is 8.31. The summed E-state index contributed by atoms with van der Waals surface area (Å²) in [5, 5.41) is 0. The zero-order chi connectivity index (χ0) is 13.6. The van der Waals surface area contributed by atoms with Gasteiger partial charge in [-0.2, -0.15) is 0 Å². The summed E-state index contributed by atoms with van der Waals surface area (Å²) in [6, 6.07) is 4.29. The number of hydrogen-bond donors (Lipinski definition) is 0. The fourth-order valence-corrected chi connectivity index (χ4v) is 2.88. The summed E-state index contributed by atoms with van der Waals surface area (Å²) in [6.07, 6.45) is 7.98. The number of methoxy groups -OCH3 is 1. The van der Waals surface area contributed by atoms with Crippen LogP contribution in [-0.2, 0) is 10.8 Å². The molecule has 1 aromatic rings. The minimum atomic E-state index is 0.197. The third-order valence-corrected chi connectivity index (χ3v) is 4.33. The van der Waals surface area contributed by atoms with E-state index in [4.69, 9.17) is 11.2 Å². The Kier molecular flexibility index (Phi) is 2.93. The van der Waals surface area contributed by atoms with Crippen LogP contribution in [0, 0.1) is 12.3 Å². The lowest BCUT2D eigenvalue weighted by atomic mass is 9.63. The SMILES string of the molecule is C#Cc1cc2c(cc1OC)C(C)(C)CCC2(C)C. The molecule has 0 saturated heterocycles. The maximum Gasteiger partial charge on any atom is 0.134 e. The molecule has 0 heterocycles. The monoisotopic (exact) mass is 242 g/mol. The van der Waals surface area contributed by atoms with Crippen molar-refractivity contribution in [3.8, 4) is 18.1 Å². The Hall–Kier alpha value is -1.42. The standard InChI is InChI=1S/C17H22O/c1-7-12-10-13-14(11-15(12)18-6)17(4,5)9-8-16(13,2)3/h1,10-11H,8-9H2,2-6H3. The fourth-order valence-electron chi connectivity index (χ4n) is 2.88. The van der Waals surface area contributed by atoms with Crippen molar-refractivity contribution < 1.29 is 4.74 Å². The zero-order valence-electron chi connectivity index (χ0n) is 12.1. The second-order valence-corrected chi connectivity index (χ2v) is 6.51. The van der Waals surface area contributed by atoms with Gasteiger partial charge in [0.05, 0.1) is 12.7 Å². The smallest absolute Gasteiger partial charge is 0.134 e. The molecule has 96 valence electrons. The van der Waals surface area contributed by atoms with Gasteiger partial charge in [0.2, 0.25) is 0 Å². The minimum Gasteiger partial charge on any atom is -0.495 e. The molecule has 0 fully saturated rings. The molecular weight excluding hydrogens is 220 g/mol. The Morgan fingerprint density at radius 2 is 1.56 bits per heavy atom. The van der Waals surface area contributed by atoms with Crippen LogP contribution in [0.25, 0.3) is 0 Å². The molecule has 1 heteroatoms. The van der Waals surface area contributed by atoms with Crippen LogP contribution in [0.3, 0.4) is 0 Å². The van der Waals surface area contributed by atoms with Gasteiger partial charge in [-0.25, -0.2) is 0 Å². The van der Waals surface area contributed by atoms with E-state index in [0.717, 1.165) is 11.3 Å².